The van der Waals surface area contributed by atoms with Crippen LogP contribution in [0.4, 0.5) is 11.4 Å². The highest BCUT2D eigenvalue weighted by molar-refractivity contribution is 6.30. The summed E-state index contributed by atoms with van der Waals surface area (Å²) in [5.74, 6) is -0.125. The minimum atomic E-state index is -0.125. The normalized spacial score (nSPS) is 10.3. The molecule has 1 amide bonds. The lowest BCUT2D eigenvalue weighted by Crippen LogP contribution is -2.25. The summed E-state index contributed by atoms with van der Waals surface area (Å²) in [5.41, 5.74) is 3.39. The van der Waals surface area contributed by atoms with Crippen LogP contribution in [0.1, 0.15) is 22.3 Å². The summed E-state index contributed by atoms with van der Waals surface area (Å²) in [5, 5.41) is 6.79. The lowest BCUT2D eigenvalue weighted by atomic mass is 10.1. The first-order chi connectivity index (χ1) is 12.7. The number of carbonyl (C=O) groups excluding carboxylic acids is 1. The number of hydrogen-bond acceptors (Lipinski definition) is 3. The lowest BCUT2D eigenvalue weighted by Gasteiger charge is -2.09. The molecule has 5 heteroatoms. The number of benzene rings is 2. The molecule has 132 valence electrons. The van der Waals surface area contributed by atoms with E-state index < -0.39 is 0 Å². The molecular formula is C21H20ClN3O. The molecule has 1 aromatic heterocycles. The van der Waals surface area contributed by atoms with Gasteiger partial charge in [-0.15, -0.1) is 0 Å². The zero-order valence-electron chi connectivity index (χ0n) is 14.3. The molecule has 0 aliphatic carbocycles. The van der Waals surface area contributed by atoms with E-state index in [0.29, 0.717) is 17.1 Å². The summed E-state index contributed by atoms with van der Waals surface area (Å²) in [7, 11) is 0. The van der Waals surface area contributed by atoms with E-state index in [1.54, 1.807) is 18.5 Å². The van der Waals surface area contributed by atoms with Crippen LogP contribution in [0.25, 0.3) is 0 Å². The molecule has 0 unspecified atom stereocenters. The van der Waals surface area contributed by atoms with Crippen molar-refractivity contribution in [1.29, 1.82) is 0 Å². The maximum Gasteiger partial charge on any atom is 0.252 e. The van der Waals surface area contributed by atoms with Crippen LogP contribution in [0, 0.1) is 0 Å². The van der Waals surface area contributed by atoms with Crippen LogP contribution in [0.15, 0.2) is 73.1 Å². The van der Waals surface area contributed by atoms with Crippen molar-refractivity contribution in [3.63, 3.8) is 0 Å². The average molecular weight is 366 g/mol. The number of pyridine rings is 1. The van der Waals surface area contributed by atoms with Gasteiger partial charge in [-0.2, -0.15) is 0 Å². The highest BCUT2D eigenvalue weighted by Crippen LogP contribution is 2.20. The Morgan fingerprint density at radius 2 is 1.81 bits per heavy atom. The first-order valence-electron chi connectivity index (χ1n) is 8.50. The molecule has 0 saturated heterocycles. The van der Waals surface area contributed by atoms with Crippen LogP contribution >= 0.6 is 11.6 Å². The van der Waals surface area contributed by atoms with Crippen molar-refractivity contribution in [2.75, 3.05) is 11.9 Å². The third-order valence-electron chi connectivity index (χ3n) is 3.88. The maximum absolute atomic E-state index is 12.3. The summed E-state index contributed by atoms with van der Waals surface area (Å²) in [6.07, 6.45) is 5.07. The number of rotatable bonds is 7. The molecule has 0 aliphatic rings. The predicted molar refractivity (Wildman–Crippen MR) is 106 cm³/mol. The Hall–Kier alpha value is -2.85. The minimum Gasteiger partial charge on any atom is -0.354 e. The molecule has 0 atom stereocenters. The number of nitrogens with one attached hydrogen (secondary N) is 2. The smallest absolute Gasteiger partial charge is 0.252 e. The molecule has 0 spiro atoms. The van der Waals surface area contributed by atoms with Crippen molar-refractivity contribution in [2.45, 2.75) is 12.8 Å². The fraction of sp³-hybridized carbons (Fsp3) is 0.143. The van der Waals surface area contributed by atoms with Crippen molar-refractivity contribution in [3.8, 4) is 0 Å². The van der Waals surface area contributed by atoms with Gasteiger partial charge in [0.05, 0.1) is 17.4 Å². The van der Waals surface area contributed by atoms with Gasteiger partial charge in [0, 0.05) is 23.5 Å². The van der Waals surface area contributed by atoms with Gasteiger partial charge in [0.15, 0.2) is 0 Å². The van der Waals surface area contributed by atoms with E-state index in [0.717, 1.165) is 24.2 Å². The molecular weight excluding hydrogens is 346 g/mol. The van der Waals surface area contributed by atoms with Crippen molar-refractivity contribution in [2.24, 2.45) is 0 Å². The van der Waals surface area contributed by atoms with Gasteiger partial charge in [-0.25, -0.2) is 0 Å². The second kappa shape index (κ2) is 9.02. The Morgan fingerprint density at radius 3 is 2.62 bits per heavy atom. The molecule has 26 heavy (non-hydrogen) atoms. The predicted octanol–water partition coefficient (Wildman–Crippen LogP) is 4.84. The minimum absolute atomic E-state index is 0.125. The van der Waals surface area contributed by atoms with E-state index in [4.69, 9.17) is 11.6 Å². The third-order valence-corrected chi connectivity index (χ3v) is 4.12. The number of nitrogens with zero attached hydrogens (tertiary/aromatic N) is 1. The highest BCUT2D eigenvalue weighted by atomic mass is 35.5. The molecule has 0 aliphatic heterocycles. The molecule has 0 fully saturated rings. The van der Waals surface area contributed by atoms with E-state index in [1.807, 2.05) is 42.5 Å². The Bertz CT molecular complexity index is 868. The Morgan fingerprint density at radius 1 is 0.962 bits per heavy atom. The number of amides is 1. The van der Waals surface area contributed by atoms with Gasteiger partial charge in [0.1, 0.15) is 0 Å². The quantitative estimate of drug-likeness (QED) is 0.589. The lowest BCUT2D eigenvalue weighted by molar-refractivity contribution is 0.0953. The first kappa shape index (κ1) is 18.0. The monoisotopic (exact) mass is 365 g/mol. The van der Waals surface area contributed by atoms with E-state index >= 15 is 0 Å². The summed E-state index contributed by atoms with van der Waals surface area (Å²) < 4.78 is 0. The zero-order valence-corrected chi connectivity index (χ0v) is 15.0. The zero-order chi connectivity index (χ0) is 18.2. The van der Waals surface area contributed by atoms with Crippen LogP contribution in [-0.4, -0.2) is 17.4 Å². The molecule has 0 bridgehead atoms. The summed E-state index contributed by atoms with van der Waals surface area (Å²) in [4.78, 5) is 16.5. The molecule has 4 nitrogen and oxygen atoms in total. The summed E-state index contributed by atoms with van der Waals surface area (Å²) >= 11 is 5.99. The van der Waals surface area contributed by atoms with Gasteiger partial charge in [0.2, 0.25) is 0 Å². The number of carbonyl (C=O) groups is 1. The molecule has 3 rings (SSSR count). The van der Waals surface area contributed by atoms with E-state index in [1.165, 1.54) is 5.56 Å². The first-order valence-corrected chi connectivity index (χ1v) is 8.88. The fourth-order valence-corrected chi connectivity index (χ4v) is 2.80. The SMILES string of the molecule is O=C(NCCCc1ccccc1)c1cncc(Nc2cccc(Cl)c2)c1. The molecule has 0 saturated carbocycles. The largest absolute Gasteiger partial charge is 0.354 e. The number of aryl methyl sites for hydroxylation is 1. The fourth-order valence-electron chi connectivity index (χ4n) is 2.61. The highest BCUT2D eigenvalue weighted by Gasteiger charge is 2.07. The topological polar surface area (TPSA) is 54.0 Å². The van der Waals surface area contributed by atoms with Crippen molar-refractivity contribution in [3.05, 3.63) is 89.2 Å². The molecule has 1 heterocycles. The van der Waals surface area contributed by atoms with Crippen molar-refractivity contribution < 1.29 is 4.79 Å². The third kappa shape index (κ3) is 5.33. The Kier molecular flexibility index (Phi) is 6.23. The standard InChI is InChI=1S/C21H20ClN3O/c22-18-9-4-10-19(13-18)25-20-12-17(14-23-15-20)21(26)24-11-5-8-16-6-2-1-3-7-16/h1-4,6-7,9-10,12-15,25H,5,8,11H2,(H,24,26). The van der Waals surface area contributed by atoms with Crippen molar-refractivity contribution in [1.82, 2.24) is 10.3 Å². The Balaban J connectivity index is 1.53. The van der Waals surface area contributed by atoms with Gasteiger partial charge in [-0.05, 0) is 42.7 Å². The van der Waals surface area contributed by atoms with Crippen LogP contribution in [0.2, 0.25) is 5.02 Å². The van der Waals surface area contributed by atoms with Gasteiger partial charge < -0.3 is 10.6 Å². The van der Waals surface area contributed by atoms with Gasteiger partial charge >= 0.3 is 0 Å². The van der Waals surface area contributed by atoms with Crippen LogP contribution < -0.4 is 10.6 Å². The molecule has 0 radical (unpaired) electrons. The van der Waals surface area contributed by atoms with E-state index in [2.05, 4.69) is 27.8 Å². The maximum atomic E-state index is 12.3. The molecule has 2 N–H and O–H groups in total. The molecule has 3 aromatic rings. The second-order valence-corrected chi connectivity index (χ2v) is 6.38. The number of hydrogen-bond donors (Lipinski definition) is 2. The van der Waals surface area contributed by atoms with Gasteiger partial charge in [-0.3, -0.25) is 9.78 Å². The molecule has 2 aromatic carbocycles. The van der Waals surface area contributed by atoms with Crippen LogP contribution in [0.3, 0.4) is 0 Å². The average Bonchev–Trinajstić information content (AvgIpc) is 2.66. The number of halogens is 1. The Labute approximate surface area is 158 Å². The van der Waals surface area contributed by atoms with Gasteiger partial charge in [0.25, 0.3) is 5.91 Å². The van der Waals surface area contributed by atoms with Crippen LogP contribution in [0.5, 0.6) is 0 Å². The number of aromatic nitrogens is 1. The second-order valence-electron chi connectivity index (χ2n) is 5.94. The number of anilines is 2. The summed E-state index contributed by atoms with van der Waals surface area (Å²) in [6.45, 7) is 0.625. The van der Waals surface area contributed by atoms with Crippen molar-refractivity contribution >= 4 is 28.9 Å². The summed E-state index contributed by atoms with van der Waals surface area (Å²) in [6, 6.07) is 19.4. The van der Waals surface area contributed by atoms with Crippen LogP contribution in [-0.2, 0) is 6.42 Å². The van der Waals surface area contributed by atoms with E-state index in [9.17, 15) is 4.79 Å². The van der Waals surface area contributed by atoms with Gasteiger partial charge in [-0.1, -0.05) is 48.0 Å². The van der Waals surface area contributed by atoms with E-state index in [-0.39, 0.29) is 5.91 Å².